The summed E-state index contributed by atoms with van der Waals surface area (Å²) in [6.45, 7) is 0.169. The molecule has 0 saturated carbocycles. The van der Waals surface area contributed by atoms with Gasteiger partial charge in [-0.3, -0.25) is 9.59 Å². The number of para-hydroxylation sites is 1. The van der Waals surface area contributed by atoms with Gasteiger partial charge >= 0.3 is 0 Å². The number of carbonyl (C=O) groups is 2. The maximum Gasteiger partial charge on any atom is 0.247 e. The van der Waals surface area contributed by atoms with Crippen molar-refractivity contribution < 1.29 is 9.59 Å². The quantitative estimate of drug-likeness (QED) is 0.196. The number of carbonyl (C=O) groups excluding carboxylic acids is 2. The van der Waals surface area contributed by atoms with Crippen LogP contribution in [-0.4, -0.2) is 56.8 Å². The van der Waals surface area contributed by atoms with Crippen molar-refractivity contribution in [1.29, 1.82) is 0 Å². The molecule has 6 rings (SSSR count). The van der Waals surface area contributed by atoms with E-state index >= 15 is 0 Å². The SMILES string of the molecule is CN(C)c1ccc(NC(=O)[C@@H]([C@H]2CC=CCC2)N(Cc2nc(-c3ccccc3)cs2)C(=O)Cn2nnc3ccccc32)cc1. The van der Waals surface area contributed by atoms with Gasteiger partial charge in [0, 0.05) is 36.4 Å². The van der Waals surface area contributed by atoms with Crippen LogP contribution in [0, 0.1) is 5.92 Å². The van der Waals surface area contributed by atoms with Crippen molar-refractivity contribution in [2.24, 2.45) is 5.92 Å². The molecule has 1 aliphatic carbocycles. The van der Waals surface area contributed by atoms with Crippen molar-refractivity contribution in [2.75, 3.05) is 24.3 Å². The molecule has 0 fully saturated rings. The Bertz CT molecular complexity index is 1760. The normalized spacial score (nSPS) is 15.2. The first-order chi connectivity index (χ1) is 21.5. The van der Waals surface area contributed by atoms with Crippen molar-refractivity contribution >= 4 is 45.6 Å². The minimum atomic E-state index is -0.708. The highest BCUT2D eigenvalue weighted by molar-refractivity contribution is 7.09. The van der Waals surface area contributed by atoms with Gasteiger partial charge in [0.15, 0.2) is 0 Å². The zero-order chi connectivity index (χ0) is 30.5. The Hall–Kier alpha value is -4.83. The van der Waals surface area contributed by atoms with Gasteiger partial charge in [-0.2, -0.15) is 0 Å². The van der Waals surface area contributed by atoms with Crippen LogP contribution in [0.5, 0.6) is 0 Å². The molecule has 5 aromatic rings. The molecule has 9 nitrogen and oxygen atoms in total. The van der Waals surface area contributed by atoms with Crippen molar-refractivity contribution in [3.05, 3.63) is 101 Å². The maximum absolute atomic E-state index is 14.3. The lowest BCUT2D eigenvalue weighted by Gasteiger charge is -2.36. The number of hydrogen-bond acceptors (Lipinski definition) is 7. The van der Waals surface area contributed by atoms with Crippen LogP contribution in [0.4, 0.5) is 11.4 Å². The third kappa shape index (κ3) is 6.55. The Morgan fingerprint density at radius 2 is 1.77 bits per heavy atom. The molecule has 224 valence electrons. The molecule has 2 heterocycles. The molecule has 10 heteroatoms. The van der Waals surface area contributed by atoms with E-state index in [1.165, 1.54) is 11.3 Å². The number of nitrogens with zero attached hydrogens (tertiary/aromatic N) is 6. The molecule has 1 aliphatic rings. The highest BCUT2D eigenvalue weighted by Gasteiger charge is 2.37. The van der Waals surface area contributed by atoms with E-state index in [1.54, 1.807) is 9.58 Å². The van der Waals surface area contributed by atoms with E-state index in [1.807, 2.05) is 103 Å². The minimum Gasteiger partial charge on any atom is -0.378 e. The molecule has 1 N–H and O–H groups in total. The highest BCUT2D eigenvalue weighted by atomic mass is 32.1. The summed E-state index contributed by atoms with van der Waals surface area (Å²) < 4.78 is 1.61. The van der Waals surface area contributed by atoms with E-state index in [0.717, 1.165) is 40.3 Å². The van der Waals surface area contributed by atoms with Gasteiger partial charge in [0.2, 0.25) is 11.8 Å². The smallest absolute Gasteiger partial charge is 0.247 e. The molecule has 2 amide bonds. The van der Waals surface area contributed by atoms with Gasteiger partial charge in [-0.15, -0.1) is 16.4 Å². The maximum atomic E-state index is 14.3. The summed E-state index contributed by atoms with van der Waals surface area (Å²) in [6.07, 6.45) is 6.63. The number of allylic oxidation sites excluding steroid dienone is 2. The second-order valence-electron chi connectivity index (χ2n) is 11.2. The first kappa shape index (κ1) is 29.3. The van der Waals surface area contributed by atoms with Gasteiger partial charge in [-0.25, -0.2) is 9.67 Å². The second-order valence-corrected chi connectivity index (χ2v) is 12.1. The molecule has 0 saturated heterocycles. The third-order valence-electron chi connectivity index (χ3n) is 7.96. The van der Waals surface area contributed by atoms with Crippen LogP contribution in [0.25, 0.3) is 22.3 Å². The van der Waals surface area contributed by atoms with E-state index in [2.05, 4.69) is 27.8 Å². The molecular weight excluding hydrogens is 570 g/mol. The molecule has 0 unspecified atom stereocenters. The predicted octanol–water partition coefficient (Wildman–Crippen LogP) is 6.01. The van der Waals surface area contributed by atoms with Crippen molar-refractivity contribution in [1.82, 2.24) is 24.9 Å². The summed E-state index contributed by atoms with van der Waals surface area (Å²) in [4.78, 5) is 37.1. The van der Waals surface area contributed by atoms with Crippen molar-refractivity contribution in [3.63, 3.8) is 0 Å². The van der Waals surface area contributed by atoms with Gasteiger partial charge in [-0.1, -0.05) is 59.8 Å². The van der Waals surface area contributed by atoms with Crippen LogP contribution < -0.4 is 10.2 Å². The zero-order valence-corrected chi connectivity index (χ0v) is 25.7. The Morgan fingerprint density at radius 3 is 2.52 bits per heavy atom. The average molecular weight is 606 g/mol. The van der Waals surface area contributed by atoms with Crippen LogP contribution in [0.2, 0.25) is 0 Å². The first-order valence-electron chi connectivity index (χ1n) is 14.8. The fourth-order valence-electron chi connectivity index (χ4n) is 5.64. The Morgan fingerprint density at radius 1 is 1.00 bits per heavy atom. The lowest BCUT2D eigenvalue weighted by Crippen LogP contribution is -2.52. The number of nitrogens with one attached hydrogen (secondary N) is 1. The Kier molecular flexibility index (Phi) is 8.79. The zero-order valence-electron chi connectivity index (χ0n) is 24.8. The highest BCUT2D eigenvalue weighted by Crippen LogP contribution is 2.30. The van der Waals surface area contributed by atoms with E-state index < -0.39 is 6.04 Å². The monoisotopic (exact) mass is 605 g/mol. The van der Waals surface area contributed by atoms with Gasteiger partial charge in [0.25, 0.3) is 0 Å². The van der Waals surface area contributed by atoms with Gasteiger partial charge in [0.05, 0.1) is 17.8 Å². The predicted molar refractivity (Wildman–Crippen MR) is 175 cm³/mol. The number of hydrogen-bond donors (Lipinski definition) is 1. The molecule has 44 heavy (non-hydrogen) atoms. The van der Waals surface area contributed by atoms with Crippen molar-refractivity contribution in [3.8, 4) is 11.3 Å². The molecule has 0 radical (unpaired) electrons. The van der Waals surface area contributed by atoms with E-state index in [4.69, 9.17) is 4.98 Å². The fraction of sp³-hybridized carbons (Fsp3) is 0.265. The van der Waals surface area contributed by atoms with Crippen LogP contribution in [0.15, 0.2) is 96.4 Å². The molecule has 2 aromatic heterocycles. The summed E-state index contributed by atoms with van der Waals surface area (Å²) in [6, 6.07) is 24.5. The molecule has 3 aromatic carbocycles. The topological polar surface area (TPSA) is 96.2 Å². The summed E-state index contributed by atoms with van der Waals surface area (Å²) >= 11 is 1.49. The number of aromatic nitrogens is 4. The van der Waals surface area contributed by atoms with Crippen LogP contribution >= 0.6 is 11.3 Å². The van der Waals surface area contributed by atoms with Crippen molar-refractivity contribution in [2.45, 2.75) is 38.4 Å². The van der Waals surface area contributed by atoms with Crippen LogP contribution in [0.1, 0.15) is 24.3 Å². The average Bonchev–Trinajstić information content (AvgIpc) is 3.69. The van der Waals surface area contributed by atoms with E-state index in [9.17, 15) is 9.59 Å². The summed E-state index contributed by atoms with van der Waals surface area (Å²) in [5.41, 5.74) is 5.06. The molecule has 2 atom stereocenters. The van der Waals surface area contributed by atoms with Crippen LogP contribution in [-0.2, 0) is 22.7 Å². The molecule has 0 aliphatic heterocycles. The molecular formula is C34H35N7O2S. The number of amides is 2. The van der Waals surface area contributed by atoms with Gasteiger partial charge < -0.3 is 15.1 Å². The third-order valence-corrected chi connectivity index (χ3v) is 8.80. The standard InChI is InChI=1S/C34H35N7O2S/c1-39(2)27-19-17-26(18-20-27)35-34(43)33(25-13-7-4-8-14-25)40(21-31-36-29(23-44-31)24-11-5-3-6-12-24)32(42)22-41-30-16-10-9-15-28(30)37-38-41/h3-7,9-12,15-20,23,25,33H,8,13-14,21-22H2,1-2H3,(H,35,43)/t25-,33+/m0/s1. The summed E-state index contributed by atoms with van der Waals surface area (Å²) in [5, 5.41) is 14.4. The molecule has 0 spiro atoms. The largest absolute Gasteiger partial charge is 0.378 e. The van der Waals surface area contributed by atoms with Crippen LogP contribution in [0.3, 0.4) is 0 Å². The Labute approximate surface area is 260 Å². The first-order valence-corrected chi connectivity index (χ1v) is 15.6. The lowest BCUT2D eigenvalue weighted by atomic mass is 9.86. The fourth-order valence-corrected chi connectivity index (χ4v) is 6.44. The van der Waals surface area contributed by atoms with Gasteiger partial charge in [-0.05, 0) is 61.6 Å². The second kappa shape index (κ2) is 13.2. The number of benzene rings is 3. The van der Waals surface area contributed by atoms with E-state index in [-0.39, 0.29) is 30.8 Å². The van der Waals surface area contributed by atoms with Gasteiger partial charge in [0.1, 0.15) is 23.1 Å². The number of anilines is 2. The minimum absolute atomic E-state index is 0.0404. The molecule has 0 bridgehead atoms. The summed E-state index contributed by atoms with van der Waals surface area (Å²) in [5.74, 6) is -0.472. The van der Waals surface area contributed by atoms with E-state index in [0.29, 0.717) is 17.6 Å². The number of fused-ring (bicyclic) bond motifs is 1. The lowest BCUT2D eigenvalue weighted by molar-refractivity contribution is -0.142. The Balaban J connectivity index is 1.34. The number of rotatable bonds is 10. The number of thiazole rings is 1. The summed E-state index contributed by atoms with van der Waals surface area (Å²) in [7, 11) is 3.95.